The molecular formula is C12H15BrFNO2. The number of carbonyl (C=O) groups excluding carboxylic acids is 1. The van der Waals surface area contributed by atoms with Gasteiger partial charge in [0.1, 0.15) is 5.82 Å². The Hall–Kier alpha value is -0.940. The van der Waals surface area contributed by atoms with E-state index in [0.29, 0.717) is 17.4 Å². The molecule has 0 heterocycles. The van der Waals surface area contributed by atoms with Crippen LogP contribution < -0.4 is 5.32 Å². The van der Waals surface area contributed by atoms with Crippen LogP contribution in [0.2, 0.25) is 0 Å². The first-order chi connectivity index (χ1) is 8.02. The third-order valence-corrected chi connectivity index (χ3v) is 2.95. The molecule has 0 bridgehead atoms. The number of methoxy groups -OCH3 is 1. The molecule has 5 heteroatoms. The molecule has 17 heavy (non-hydrogen) atoms. The van der Waals surface area contributed by atoms with Crippen LogP contribution in [0.4, 0.5) is 4.39 Å². The van der Waals surface area contributed by atoms with Gasteiger partial charge in [-0.15, -0.1) is 0 Å². The molecule has 0 aliphatic carbocycles. The third-order valence-electron chi connectivity index (χ3n) is 2.34. The van der Waals surface area contributed by atoms with Gasteiger partial charge in [0.15, 0.2) is 0 Å². The number of nitrogens with one attached hydrogen (secondary N) is 1. The molecule has 0 saturated heterocycles. The zero-order chi connectivity index (χ0) is 12.8. The molecule has 0 saturated carbocycles. The molecule has 1 N–H and O–H groups in total. The van der Waals surface area contributed by atoms with E-state index in [4.69, 9.17) is 0 Å². The molecular weight excluding hydrogens is 289 g/mol. The van der Waals surface area contributed by atoms with Crippen LogP contribution in [0.25, 0.3) is 0 Å². The molecule has 0 amide bonds. The van der Waals surface area contributed by atoms with Gasteiger partial charge >= 0.3 is 5.97 Å². The number of rotatable bonds is 5. The lowest BCUT2D eigenvalue weighted by Crippen LogP contribution is -2.28. The van der Waals surface area contributed by atoms with E-state index >= 15 is 0 Å². The maximum Gasteiger partial charge on any atom is 0.307 e. The summed E-state index contributed by atoms with van der Waals surface area (Å²) >= 11 is 3.13. The fourth-order valence-electron chi connectivity index (χ4n) is 1.35. The van der Waals surface area contributed by atoms with Gasteiger partial charge in [-0.25, -0.2) is 4.39 Å². The summed E-state index contributed by atoms with van der Waals surface area (Å²) in [6.45, 7) is 2.48. The predicted octanol–water partition coefficient (Wildman–Crippen LogP) is 2.63. The Balaban J connectivity index is 2.44. The Morgan fingerprint density at radius 3 is 2.88 bits per heavy atom. The first kappa shape index (κ1) is 14.1. The second kappa shape index (κ2) is 6.71. The topological polar surface area (TPSA) is 38.3 Å². The van der Waals surface area contributed by atoms with E-state index in [1.165, 1.54) is 13.2 Å². The first-order valence-electron chi connectivity index (χ1n) is 5.27. The molecule has 1 atom stereocenters. The highest BCUT2D eigenvalue weighted by molar-refractivity contribution is 9.10. The van der Waals surface area contributed by atoms with E-state index in [1.807, 2.05) is 6.92 Å². The predicted molar refractivity (Wildman–Crippen MR) is 67.0 cm³/mol. The molecule has 0 aliphatic heterocycles. The molecule has 1 aromatic carbocycles. The highest BCUT2D eigenvalue weighted by atomic mass is 79.9. The summed E-state index contributed by atoms with van der Waals surface area (Å²) in [4.78, 5) is 11.0. The number of ether oxygens (including phenoxy) is 1. The van der Waals surface area contributed by atoms with Crippen LogP contribution >= 0.6 is 15.9 Å². The van der Waals surface area contributed by atoms with E-state index in [0.717, 1.165) is 5.56 Å². The van der Waals surface area contributed by atoms with Crippen molar-refractivity contribution < 1.29 is 13.9 Å². The minimum Gasteiger partial charge on any atom is -0.469 e. The molecule has 1 unspecified atom stereocenters. The Bertz CT molecular complexity index is 398. The van der Waals surface area contributed by atoms with Crippen molar-refractivity contribution in [3.63, 3.8) is 0 Å². The van der Waals surface area contributed by atoms with E-state index < -0.39 is 0 Å². The second-order valence-electron chi connectivity index (χ2n) is 3.81. The average Bonchev–Trinajstić information content (AvgIpc) is 2.30. The van der Waals surface area contributed by atoms with Crippen molar-refractivity contribution in [3.05, 3.63) is 34.1 Å². The monoisotopic (exact) mass is 303 g/mol. The summed E-state index contributed by atoms with van der Waals surface area (Å²) in [6.07, 6.45) is 0.318. The standard InChI is InChI=1S/C12H15BrFNO2/c1-8(5-12(16)17-2)15-7-9-3-4-11(14)10(13)6-9/h3-4,6,8,15H,5,7H2,1-2H3. The molecule has 94 valence electrons. The molecule has 0 aromatic heterocycles. The number of hydrogen-bond donors (Lipinski definition) is 1. The quantitative estimate of drug-likeness (QED) is 0.850. The van der Waals surface area contributed by atoms with Gasteiger partial charge < -0.3 is 10.1 Å². The van der Waals surface area contributed by atoms with E-state index in [-0.39, 0.29) is 17.8 Å². The van der Waals surface area contributed by atoms with Gasteiger partial charge in [0, 0.05) is 12.6 Å². The smallest absolute Gasteiger partial charge is 0.307 e. The third kappa shape index (κ3) is 4.83. The van der Waals surface area contributed by atoms with Crippen molar-refractivity contribution >= 4 is 21.9 Å². The number of hydrogen-bond acceptors (Lipinski definition) is 3. The van der Waals surface area contributed by atoms with Crippen molar-refractivity contribution in [3.8, 4) is 0 Å². The van der Waals surface area contributed by atoms with Crippen LogP contribution in [0.5, 0.6) is 0 Å². The summed E-state index contributed by atoms with van der Waals surface area (Å²) in [5.74, 6) is -0.526. The van der Waals surface area contributed by atoms with Crippen LogP contribution in [0, 0.1) is 5.82 Å². The SMILES string of the molecule is COC(=O)CC(C)NCc1ccc(F)c(Br)c1. The van der Waals surface area contributed by atoms with E-state index in [9.17, 15) is 9.18 Å². The minimum atomic E-state index is -0.281. The van der Waals surface area contributed by atoms with Gasteiger partial charge in [0.05, 0.1) is 18.0 Å². The van der Waals surface area contributed by atoms with Crippen LogP contribution in [0.3, 0.4) is 0 Å². The van der Waals surface area contributed by atoms with Crippen molar-refractivity contribution in [2.24, 2.45) is 0 Å². The number of esters is 1. The lowest BCUT2D eigenvalue weighted by Gasteiger charge is -2.12. The van der Waals surface area contributed by atoms with Crippen molar-refractivity contribution in [1.29, 1.82) is 0 Å². The molecule has 0 spiro atoms. The second-order valence-corrected chi connectivity index (χ2v) is 4.67. The van der Waals surface area contributed by atoms with Crippen molar-refractivity contribution in [2.45, 2.75) is 25.9 Å². The zero-order valence-corrected chi connectivity index (χ0v) is 11.4. The normalized spacial score (nSPS) is 12.2. The van der Waals surface area contributed by atoms with Crippen molar-refractivity contribution in [2.75, 3.05) is 7.11 Å². The number of carbonyl (C=O) groups is 1. The first-order valence-corrected chi connectivity index (χ1v) is 6.06. The summed E-state index contributed by atoms with van der Waals surface area (Å²) in [7, 11) is 1.37. The zero-order valence-electron chi connectivity index (χ0n) is 9.80. The van der Waals surface area contributed by atoms with Gasteiger partial charge in [-0.3, -0.25) is 4.79 Å². The maximum absolute atomic E-state index is 13.0. The average molecular weight is 304 g/mol. The Morgan fingerprint density at radius 1 is 1.59 bits per heavy atom. The molecule has 1 aromatic rings. The van der Waals surface area contributed by atoms with Crippen LogP contribution in [0.15, 0.2) is 22.7 Å². The van der Waals surface area contributed by atoms with E-state index in [2.05, 4.69) is 26.0 Å². The Labute approximate surface area is 108 Å². The highest BCUT2D eigenvalue weighted by Gasteiger charge is 2.08. The Morgan fingerprint density at radius 2 is 2.29 bits per heavy atom. The molecule has 1 rings (SSSR count). The van der Waals surface area contributed by atoms with Gasteiger partial charge in [-0.2, -0.15) is 0 Å². The van der Waals surface area contributed by atoms with Gasteiger partial charge in [-0.1, -0.05) is 6.07 Å². The molecule has 3 nitrogen and oxygen atoms in total. The fraction of sp³-hybridized carbons (Fsp3) is 0.417. The van der Waals surface area contributed by atoms with Crippen LogP contribution in [0.1, 0.15) is 18.9 Å². The van der Waals surface area contributed by atoms with Crippen molar-refractivity contribution in [1.82, 2.24) is 5.32 Å². The van der Waals surface area contributed by atoms with Gasteiger partial charge in [0.2, 0.25) is 0 Å². The molecule has 0 radical (unpaired) electrons. The lowest BCUT2D eigenvalue weighted by molar-refractivity contribution is -0.141. The lowest BCUT2D eigenvalue weighted by atomic mass is 10.2. The highest BCUT2D eigenvalue weighted by Crippen LogP contribution is 2.16. The summed E-state index contributed by atoms with van der Waals surface area (Å²) in [6, 6.07) is 4.85. The number of benzene rings is 1. The Kier molecular flexibility index (Phi) is 5.58. The summed E-state index contributed by atoms with van der Waals surface area (Å²) in [5.41, 5.74) is 0.954. The minimum absolute atomic E-state index is 0.0197. The fourth-order valence-corrected chi connectivity index (χ4v) is 1.77. The number of halogens is 2. The molecule has 0 aliphatic rings. The van der Waals surface area contributed by atoms with E-state index in [1.54, 1.807) is 12.1 Å². The van der Waals surface area contributed by atoms with Gasteiger partial charge in [0.25, 0.3) is 0 Å². The van der Waals surface area contributed by atoms with Crippen LogP contribution in [-0.2, 0) is 16.1 Å². The van der Waals surface area contributed by atoms with Gasteiger partial charge in [-0.05, 0) is 40.5 Å². The van der Waals surface area contributed by atoms with Crippen LogP contribution in [-0.4, -0.2) is 19.1 Å². The summed E-state index contributed by atoms with van der Waals surface area (Å²) < 4.78 is 18.0. The summed E-state index contributed by atoms with van der Waals surface area (Å²) in [5, 5.41) is 3.17. The maximum atomic E-state index is 13.0. The molecule has 0 fully saturated rings. The largest absolute Gasteiger partial charge is 0.469 e.